The van der Waals surface area contributed by atoms with E-state index in [9.17, 15) is 26.4 Å². The van der Waals surface area contributed by atoms with E-state index >= 15 is 0 Å². The van der Waals surface area contributed by atoms with E-state index in [-0.39, 0.29) is 12.1 Å². The van der Waals surface area contributed by atoms with Gasteiger partial charge >= 0.3 is 6.18 Å². The first-order valence-electron chi connectivity index (χ1n) is 6.90. The number of Topliss-reactive ketones (excluding diaryl/α,β-unsaturated/α-hetero) is 1. The Morgan fingerprint density at radius 3 is 1.96 bits per heavy atom. The Balaban J connectivity index is 3.04. The highest BCUT2D eigenvalue weighted by molar-refractivity contribution is 7.94. The van der Waals surface area contributed by atoms with Crippen LogP contribution in [0.3, 0.4) is 0 Å². The standard InChI is InChI=1S/C15H20F3NO3S/c1-13(2,3)23(21,22)14(4,5)12(20)8-11-7-6-10(9-19-11)15(16,17)18/h6-7,9H,8H2,1-5H3. The fraction of sp³-hybridized carbons (Fsp3) is 0.600. The molecule has 0 unspecified atom stereocenters. The molecule has 0 aliphatic heterocycles. The molecule has 1 heterocycles. The quantitative estimate of drug-likeness (QED) is 0.836. The molecule has 4 nitrogen and oxygen atoms in total. The number of carbonyl (C=O) groups is 1. The van der Waals surface area contributed by atoms with Crippen molar-refractivity contribution >= 4 is 15.6 Å². The van der Waals surface area contributed by atoms with Gasteiger partial charge in [0.1, 0.15) is 4.75 Å². The Morgan fingerprint density at radius 2 is 1.61 bits per heavy atom. The normalized spacial score (nSPS) is 13.9. The van der Waals surface area contributed by atoms with Crippen molar-refractivity contribution in [2.75, 3.05) is 0 Å². The van der Waals surface area contributed by atoms with Crippen molar-refractivity contribution in [3.63, 3.8) is 0 Å². The third kappa shape index (κ3) is 3.91. The second-order valence-electron chi connectivity index (χ2n) is 6.76. The summed E-state index contributed by atoms with van der Waals surface area (Å²) < 4.78 is 59.6. The van der Waals surface area contributed by atoms with E-state index < -0.39 is 36.9 Å². The van der Waals surface area contributed by atoms with E-state index in [0.29, 0.717) is 6.20 Å². The number of carbonyl (C=O) groups excluding carboxylic acids is 1. The summed E-state index contributed by atoms with van der Waals surface area (Å²) in [4.78, 5) is 16.0. The molecule has 0 aliphatic rings. The average molecular weight is 351 g/mol. The smallest absolute Gasteiger partial charge is 0.298 e. The molecule has 23 heavy (non-hydrogen) atoms. The summed E-state index contributed by atoms with van der Waals surface area (Å²) in [7, 11) is -3.78. The number of hydrogen-bond acceptors (Lipinski definition) is 4. The van der Waals surface area contributed by atoms with Gasteiger partial charge in [-0.25, -0.2) is 8.42 Å². The molecule has 1 aromatic rings. The summed E-state index contributed by atoms with van der Waals surface area (Å²) in [6, 6.07) is 1.90. The molecule has 0 atom stereocenters. The number of ketones is 1. The van der Waals surface area contributed by atoms with Crippen molar-refractivity contribution in [3.8, 4) is 0 Å². The highest BCUT2D eigenvalue weighted by atomic mass is 32.2. The SMILES string of the molecule is CC(C)(C)S(=O)(=O)C(C)(C)C(=O)Cc1ccc(C(F)(F)F)cn1. The minimum atomic E-state index is -4.51. The van der Waals surface area contributed by atoms with E-state index in [1.165, 1.54) is 34.6 Å². The van der Waals surface area contributed by atoms with Gasteiger partial charge in [0.2, 0.25) is 0 Å². The van der Waals surface area contributed by atoms with Crippen LogP contribution in [0.15, 0.2) is 18.3 Å². The molecule has 8 heteroatoms. The summed E-state index contributed by atoms with van der Waals surface area (Å²) in [5.74, 6) is -0.611. The summed E-state index contributed by atoms with van der Waals surface area (Å²) in [5, 5.41) is 0. The van der Waals surface area contributed by atoms with Crippen LogP contribution in [-0.2, 0) is 27.2 Å². The zero-order valence-electron chi connectivity index (χ0n) is 13.7. The second-order valence-corrected chi connectivity index (χ2v) is 10.0. The van der Waals surface area contributed by atoms with Crippen LogP contribution >= 0.6 is 0 Å². The van der Waals surface area contributed by atoms with Crippen molar-refractivity contribution in [2.24, 2.45) is 0 Å². The maximum Gasteiger partial charge on any atom is 0.417 e. The number of hydrogen-bond donors (Lipinski definition) is 0. The number of rotatable bonds is 4. The van der Waals surface area contributed by atoms with Gasteiger partial charge in [-0.3, -0.25) is 9.78 Å². The number of nitrogens with zero attached hydrogens (tertiary/aromatic N) is 1. The van der Waals surface area contributed by atoms with Crippen LogP contribution in [0.5, 0.6) is 0 Å². The minimum absolute atomic E-state index is 0.0974. The highest BCUT2D eigenvalue weighted by Gasteiger charge is 2.47. The molecular formula is C15H20F3NO3S. The Kier molecular flexibility index (Phi) is 5.02. The topological polar surface area (TPSA) is 64.1 Å². The van der Waals surface area contributed by atoms with Gasteiger partial charge in [0.05, 0.1) is 16.7 Å². The lowest BCUT2D eigenvalue weighted by Crippen LogP contribution is -2.49. The van der Waals surface area contributed by atoms with Crippen molar-refractivity contribution in [3.05, 3.63) is 29.6 Å². The van der Waals surface area contributed by atoms with Gasteiger partial charge in [-0.05, 0) is 46.8 Å². The minimum Gasteiger partial charge on any atom is -0.298 e. The summed E-state index contributed by atoms with van der Waals surface area (Å²) in [5.41, 5.74) is -0.824. The maximum absolute atomic E-state index is 12.5. The van der Waals surface area contributed by atoms with E-state index in [1.807, 2.05) is 0 Å². The van der Waals surface area contributed by atoms with E-state index in [2.05, 4.69) is 4.98 Å². The third-order valence-electron chi connectivity index (χ3n) is 3.64. The number of alkyl halides is 3. The second kappa shape index (κ2) is 5.89. The van der Waals surface area contributed by atoms with E-state index in [0.717, 1.165) is 12.1 Å². The van der Waals surface area contributed by atoms with Crippen molar-refractivity contribution in [1.82, 2.24) is 4.98 Å². The lowest BCUT2D eigenvalue weighted by Gasteiger charge is -2.31. The first-order valence-corrected chi connectivity index (χ1v) is 8.38. The molecule has 0 radical (unpaired) electrons. The zero-order valence-corrected chi connectivity index (χ0v) is 14.5. The van der Waals surface area contributed by atoms with Crippen LogP contribution in [0.4, 0.5) is 13.2 Å². The van der Waals surface area contributed by atoms with Crippen LogP contribution in [0.1, 0.15) is 45.9 Å². The molecule has 0 N–H and O–H groups in total. The van der Waals surface area contributed by atoms with Gasteiger partial charge in [0.25, 0.3) is 0 Å². The summed E-state index contributed by atoms with van der Waals surface area (Å²) in [6.07, 6.45) is -4.22. The number of sulfone groups is 1. The number of halogens is 3. The molecule has 0 amide bonds. The lowest BCUT2D eigenvalue weighted by molar-refractivity contribution is -0.137. The molecule has 0 saturated heterocycles. The first kappa shape index (κ1) is 19.6. The largest absolute Gasteiger partial charge is 0.417 e. The first-order chi connectivity index (χ1) is 10.1. The van der Waals surface area contributed by atoms with Gasteiger partial charge in [-0.2, -0.15) is 13.2 Å². The Hall–Kier alpha value is -1.44. The van der Waals surface area contributed by atoms with Crippen molar-refractivity contribution in [1.29, 1.82) is 0 Å². The predicted molar refractivity (Wildman–Crippen MR) is 80.7 cm³/mol. The molecule has 0 saturated carbocycles. The Bertz CT molecular complexity index is 684. The van der Waals surface area contributed by atoms with Crippen LogP contribution < -0.4 is 0 Å². The molecule has 0 bridgehead atoms. The van der Waals surface area contributed by atoms with Crippen LogP contribution in [0.2, 0.25) is 0 Å². The van der Waals surface area contributed by atoms with Gasteiger partial charge in [0, 0.05) is 11.9 Å². The third-order valence-corrected chi connectivity index (χ3v) is 6.83. The lowest BCUT2D eigenvalue weighted by atomic mass is 10.0. The molecule has 1 rings (SSSR count). The highest BCUT2D eigenvalue weighted by Crippen LogP contribution is 2.31. The fourth-order valence-electron chi connectivity index (χ4n) is 1.99. The van der Waals surface area contributed by atoms with Crippen molar-refractivity contribution < 1.29 is 26.4 Å². The molecule has 1 aromatic heterocycles. The zero-order chi connectivity index (χ0) is 18.3. The molecule has 0 spiro atoms. The van der Waals surface area contributed by atoms with Gasteiger partial charge in [-0.1, -0.05) is 0 Å². The predicted octanol–water partition coefficient (Wildman–Crippen LogP) is 3.20. The maximum atomic E-state index is 12.5. The summed E-state index contributed by atoms with van der Waals surface area (Å²) in [6.45, 7) is 7.09. The van der Waals surface area contributed by atoms with Crippen molar-refractivity contribution in [2.45, 2.75) is 56.7 Å². The molecular weight excluding hydrogens is 331 g/mol. The van der Waals surface area contributed by atoms with E-state index in [4.69, 9.17) is 0 Å². The number of aromatic nitrogens is 1. The fourth-order valence-corrected chi connectivity index (χ4v) is 3.89. The van der Waals surface area contributed by atoms with Crippen LogP contribution in [-0.4, -0.2) is 28.7 Å². The van der Waals surface area contributed by atoms with Gasteiger partial charge in [-0.15, -0.1) is 0 Å². The van der Waals surface area contributed by atoms with Gasteiger partial charge in [0.15, 0.2) is 15.6 Å². The number of pyridine rings is 1. The van der Waals surface area contributed by atoms with Gasteiger partial charge < -0.3 is 0 Å². The Morgan fingerprint density at radius 1 is 1.09 bits per heavy atom. The molecule has 130 valence electrons. The van der Waals surface area contributed by atoms with E-state index in [1.54, 1.807) is 0 Å². The average Bonchev–Trinajstić information content (AvgIpc) is 2.36. The molecule has 0 aromatic carbocycles. The monoisotopic (exact) mass is 351 g/mol. The summed E-state index contributed by atoms with van der Waals surface area (Å²) >= 11 is 0. The van der Waals surface area contributed by atoms with Crippen LogP contribution in [0, 0.1) is 0 Å². The molecule has 0 fully saturated rings. The Labute approximate surface area is 134 Å². The van der Waals surface area contributed by atoms with Crippen LogP contribution in [0.25, 0.3) is 0 Å². The molecule has 0 aliphatic carbocycles.